The molecular formula is C19H24N6O2. The summed E-state index contributed by atoms with van der Waals surface area (Å²) in [5.41, 5.74) is 6.86. The SMILES string of the molecule is C=C(CCC)Oc1ccccc1/N=N/c1ccc(NC(=O)CNC)nc1N. The molecule has 8 heteroatoms. The van der Waals surface area contributed by atoms with Gasteiger partial charge in [0.05, 0.1) is 12.3 Å². The number of amides is 1. The Morgan fingerprint density at radius 1 is 1.22 bits per heavy atom. The van der Waals surface area contributed by atoms with Gasteiger partial charge < -0.3 is 21.1 Å². The number of nitrogens with one attached hydrogen (secondary N) is 2. The van der Waals surface area contributed by atoms with Crippen LogP contribution >= 0.6 is 0 Å². The average molecular weight is 368 g/mol. The number of ether oxygens (including phenoxy) is 1. The minimum absolute atomic E-state index is 0.162. The van der Waals surface area contributed by atoms with Gasteiger partial charge in [0.1, 0.15) is 17.2 Å². The molecule has 1 aromatic heterocycles. The van der Waals surface area contributed by atoms with Crippen LogP contribution in [0.3, 0.4) is 0 Å². The van der Waals surface area contributed by atoms with Gasteiger partial charge in [-0.3, -0.25) is 4.79 Å². The highest BCUT2D eigenvalue weighted by molar-refractivity contribution is 5.91. The summed E-state index contributed by atoms with van der Waals surface area (Å²) in [5.74, 6) is 1.54. The number of nitrogens with two attached hydrogens (primary N) is 1. The molecule has 142 valence electrons. The molecule has 8 nitrogen and oxygen atoms in total. The number of nitrogen functional groups attached to an aromatic ring is 1. The third-order valence-corrected chi connectivity index (χ3v) is 3.42. The van der Waals surface area contributed by atoms with Crippen molar-refractivity contribution in [2.24, 2.45) is 10.2 Å². The van der Waals surface area contributed by atoms with Crippen molar-refractivity contribution in [2.45, 2.75) is 19.8 Å². The average Bonchev–Trinajstić information content (AvgIpc) is 2.62. The van der Waals surface area contributed by atoms with E-state index in [9.17, 15) is 4.79 Å². The molecule has 0 spiro atoms. The van der Waals surface area contributed by atoms with Crippen LogP contribution in [-0.2, 0) is 4.79 Å². The molecular weight excluding hydrogens is 344 g/mol. The van der Waals surface area contributed by atoms with E-state index in [0.717, 1.165) is 12.8 Å². The molecule has 0 bridgehead atoms. The van der Waals surface area contributed by atoms with E-state index in [0.29, 0.717) is 28.7 Å². The number of rotatable bonds is 9. The predicted molar refractivity (Wildman–Crippen MR) is 106 cm³/mol. The summed E-state index contributed by atoms with van der Waals surface area (Å²) in [4.78, 5) is 15.7. The van der Waals surface area contributed by atoms with E-state index >= 15 is 0 Å². The number of carbonyl (C=O) groups excluding carboxylic acids is 1. The van der Waals surface area contributed by atoms with Crippen LogP contribution in [-0.4, -0.2) is 24.5 Å². The smallest absolute Gasteiger partial charge is 0.239 e. The second-order valence-corrected chi connectivity index (χ2v) is 5.74. The Morgan fingerprint density at radius 3 is 2.67 bits per heavy atom. The Labute approximate surface area is 158 Å². The number of para-hydroxylation sites is 1. The molecule has 1 aromatic carbocycles. The van der Waals surface area contributed by atoms with Crippen molar-refractivity contribution in [1.82, 2.24) is 10.3 Å². The maximum Gasteiger partial charge on any atom is 0.239 e. The van der Waals surface area contributed by atoms with Crippen LogP contribution in [0.1, 0.15) is 19.8 Å². The first kappa shape index (κ1) is 20.1. The first-order valence-electron chi connectivity index (χ1n) is 8.60. The predicted octanol–water partition coefficient (Wildman–Crippen LogP) is 3.93. The van der Waals surface area contributed by atoms with Gasteiger partial charge in [-0.25, -0.2) is 4.98 Å². The second kappa shape index (κ2) is 10.0. The molecule has 0 aliphatic heterocycles. The molecule has 0 unspecified atom stereocenters. The number of likely N-dealkylation sites (N-methyl/N-ethyl adjacent to an activating group) is 1. The van der Waals surface area contributed by atoms with Crippen LogP contribution < -0.4 is 21.1 Å². The third-order valence-electron chi connectivity index (χ3n) is 3.42. The van der Waals surface area contributed by atoms with Crippen molar-refractivity contribution in [3.8, 4) is 5.75 Å². The van der Waals surface area contributed by atoms with Crippen LogP contribution in [0.2, 0.25) is 0 Å². The molecule has 1 heterocycles. The standard InChI is InChI=1S/C19H24N6O2/c1-4-7-13(2)27-16-9-6-5-8-14(16)24-25-15-10-11-17(23-19(15)20)22-18(26)12-21-3/h5-6,8-11,21H,2,4,7,12H2,1,3H3,(H3,20,22,23,26)/b25-24+. The minimum atomic E-state index is -0.211. The summed E-state index contributed by atoms with van der Waals surface area (Å²) in [5, 5.41) is 13.8. The molecule has 1 amide bonds. The summed E-state index contributed by atoms with van der Waals surface area (Å²) in [7, 11) is 1.68. The van der Waals surface area contributed by atoms with E-state index in [-0.39, 0.29) is 18.3 Å². The molecule has 0 radical (unpaired) electrons. The highest BCUT2D eigenvalue weighted by atomic mass is 16.5. The highest BCUT2D eigenvalue weighted by Gasteiger charge is 2.07. The normalized spacial score (nSPS) is 10.7. The van der Waals surface area contributed by atoms with Crippen LogP contribution in [0.15, 0.2) is 59.0 Å². The lowest BCUT2D eigenvalue weighted by atomic mass is 10.3. The maximum absolute atomic E-state index is 11.6. The zero-order valence-corrected chi connectivity index (χ0v) is 15.5. The van der Waals surface area contributed by atoms with Crippen molar-refractivity contribution in [3.05, 3.63) is 48.7 Å². The van der Waals surface area contributed by atoms with E-state index in [1.807, 2.05) is 12.1 Å². The highest BCUT2D eigenvalue weighted by Crippen LogP contribution is 2.31. The molecule has 0 atom stereocenters. The van der Waals surface area contributed by atoms with E-state index in [2.05, 4.69) is 39.3 Å². The van der Waals surface area contributed by atoms with Gasteiger partial charge in [-0.15, -0.1) is 10.2 Å². The fourth-order valence-electron chi connectivity index (χ4n) is 2.19. The molecule has 4 N–H and O–H groups in total. The molecule has 0 saturated heterocycles. The Kier molecular flexibility index (Phi) is 7.45. The molecule has 0 fully saturated rings. The second-order valence-electron chi connectivity index (χ2n) is 5.74. The Hall–Kier alpha value is -3.26. The van der Waals surface area contributed by atoms with Crippen molar-refractivity contribution < 1.29 is 9.53 Å². The van der Waals surface area contributed by atoms with Gasteiger partial charge in [-0.1, -0.05) is 25.6 Å². The van der Waals surface area contributed by atoms with Crippen molar-refractivity contribution in [2.75, 3.05) is 24.6 Å². The van der Waals surface area contributed by atoms with E-state index < -0.39 is 0 Å². The minimum Gasteiger partial charge on any atom is -0.460 e. The molecule has 2 aromatic rings. The number of hydrogen-bond donors (Lipinski definition) is 3. The van der Waals surface area contributed by atoms with E-state index in [1.54, 1.807) is 31.3 Å². The number of hydrogen-bond acceptors (Lipinski definition) is 7. The largest absolute Gasteiger partial charge is 0.460 e. The van der Waals surface area contributed by atoms with Crippen LogP contribution in [0.25, 0.3) is 0 Å². The molecule has 0 aliphatic rings. The van der Waals surface area contributed by atoms with Gasteiger partial charge in [0, 0.05) is 6.42 Å². The lowest BCUT2D eigenvalue weighted by molar-refractivity contribution is -0.115. The van der Waals surface area contributed by atoms with Crippen molar-refractivity contribution >= 4 is 28.9 Å². The number of anilines is 2. The summed E-state index contributed by atoms with van der Waals surface area (Å²) < 4.78 is 5.74. The van der Waals surface area contributed by atoms with Crippen molar-refractivity contribution in [3.63, 3.8) is 0 Å². The quantitative estimate of drug-likeness (QED) is 0.458. The summed E-state index contributed by atoms with van der Waals surface area (Å²) in [6.45, 7) is 6.14. The van der Waals surface area contributed by atoms with Gasteiger partial charge >= 0.3 is 0 Å². The first-order valence-corrected chi connectivity index (χ1v) is 8.60. The number of allylic oxidation sites excluding steroid dienone is 1. The lowest BCUT2D eigenvalue weighted by Crippen LogP contribution is -2.25. The van der Waals surface area contributed by atoms with Gasteiger partial charge in [-0.2, -0.15) is 0 Å². The Morgan fingerprint density at radius 2 is 1.96 bits per heavy atom. The van der Waals surface area contributed by atoms with Gasteiger partial charge in [0.2, 0.25) is 5.91 Å². The van der Waals surface area contributed by atoms with Crippen LogP contribution in [0.5, 0.6) is 5.75 Å². The van der Waals surface area contributed by atoms with Gasteiger partial charge in [0.25, 0.3) is 0 Å². The van der Waals surface area contributed by atoms with E-state index in [1.165, 1.54) is 0 Å². The topological polar surface area (TPSA) is 114 Å². The monoisotopic (exact) mass is 368 g/mol. The van der Waals surface area contributed by atoms with Crippen LogP contribution in [0, 0.1) is 0 Å². The number of azo groups is 1. The molecule has 0 saturated carbocycles. The fourth-order valence-corrected chi connectivity index (χ4v) is 2.19. The van der Waals surface area contributed by atoms with Crippen LogP contribution in [0.4, 0.5) is 23.0 Å². The Balaban J connectivity index is 2.14. The van der Waals surface area contributed by atoms with Gasteiger partial charge in [-0.05, 0) is 37.7 Å². The number of aromatic nitrogens is 1. The number of pyridine rings is 1. The maximum atomic E-state index is 11.6. The summed E-state index contributed by atoms with van der Waals surface area (Å²) >= 11 is 0. The van der Waals surface area contributed by atoms with Gasteiger partial charge in [0.15, 0.2) is 11.6 Å². The summed E-state index contributed by atoms with van der Waals surface area (Å²) in [6, 6.07) is 10.5. The third kappa shape index (κ3) is 6.19. The first-order chi connectivity index (χ1) is 13.0. The lowest BCUT2D eigenvalue weighted by Gasteiger charge is -2.09. The Bertz CT molecular complexity index is 835. The number of benzene rings is 1. The van der Waals surface area contributed by atoms with Crippen molar-refractivity contribution in [1.29, 1.82) is 0 Å². The fraction of sp³-hybridized carbons (Fsp3) is 0.263. The number of nitrogens with zero attached hydrogens (tertiary/aromatic N) is 3. The zero-order chi connectivity index (χ0) is 19.6. The zero-order valence-electron chi connectivity index (χ0n) is 15.5. The number of carbonyl (C=O) groups is 1. The molecule has 27 heavy (non-hydrogen) atoms. The molecule has 2 rings (SSSR count). The van der Waals surface area contributed by atoms with E-state index in [4.69, 9.17) is 10.5 Å². The molecule has 0 aliphatic carbocycles. The summed E-state index contributed by atoms with van der Waals surface area (Å²) in [6.07, 6.45) is 1.71.